The summed E-state index contributed by atoms with van der Waals surface area (Å²) < 4.78 is 18.3. The molecule has 0 bridgehead atoms. The molecule has 0 spiro atoms. The Hall–Kier alpha value is -1.09. The molecule has 1 aliphatic rings. The van der Waals surface area contributed by atoms with Crippen molar-refractivity contribution in [1.82, 2.24) is 0 Å². The van der Waals surface area contributed by atoms with E-state index in [1.165, 1.54) is 63.9 Å². The number of hydrogen-bond donors (Lipinski definition) is 1. The van der Waals surface area contributed by atoms with Gasteiger partial charge in [-0.25, -0.2) is 4.39 Å². The van der Waals surface area contributed by atoms with Crippen LogP contribution in [0.25, 0.3) is 0 Å². The summed E-state index contributed by atoms with van der Waals surface area (Å²) in [5.74, 6) is 0.555. The number of hydrogen-bond acceptors (Lipinski definition) is 1. The lowest BCUT2D eigenvalue weighted by Gasteiger charge is -2.23. The van der Waals surface area contributed by atoms with Crippen LogP contribution in [0.15, 0.2) is 24.3 Å². The van der Waals surface area contributed by atoms with Crippen molar-refractivity contribution >= 4 is 0 Å². The van der Waals surface area contributed by atoms with E-state index in [9.17, 15) is 4.39 Å². The summed E-state index contributed by atoms with van der Waals surface area (Å²) >= 11 is 0. The summed E-state index contributed by atoms with van der Waals surface area (Å²) in [7, 11) is 0. The van der Waals surface area contributed by atoms with Crippen molar-refractivity contribution in [2.24, 2.45) is 0 Å². The minimum absolute atomic E-state index is 0.211. The van der Waals surface area contributed by atoms with Crippen molar-refractivity contribution in [1.29, 1.82) is 0 Å². The Labute approximate surface area is 115 Å². The molecule has 106 valence electrons. The molecular formula is C16H25FNO+. The first kappa shape index (κ1) is 14.3. The number of halogens is 1. The van der Waals surface area contributed by atoms with Gasteiger partial charge in [0.2, 0.25) is 0 Å². The number of quaternary nitrogens is 1. The van der Waals surface area contributed by atoms with Crippen molar-refractivity contribution in [3.05, 3.63) is 30.1 Å². The van der Waals surface area contributed by atoms with E-state index in [1.54, 1.807) is 17.0 Å². The van der Waals surface area contributed by atoms with Crippen molar-refractivity contribution in [2.45, 2.75) is 38.5 Å². The number of likely N-dealkylation sites (tertiary alicyclic amines) is 1. The molecular weight excluding hydrogens is 241 g/mol. The fourth-order valence-corrected chi connectivity index (χ4v) is 2.68. The fraction of sp³-hybridized carbons (Fsp3) is 0.625. The van der Waals surface area contributed by atoms with Crippen LogP contribution in [0.4, 0.5) is 4.39 Å². The van der Waals surface area contributed by atoms with Crippen LogP contribution >= 0.6 is 0 Å². The summed E-state index contributed by atoms with van der Waals surface area (Å²) in [6.45, 7) is 4.79. The van der Waals surface area contributed by atoms with Gasteiger partial charge in [-0.05, 0) is 62.8 Å². The van der Waals surface area contributed by atoms with Gasteiger partial charge in [-0.1, -0.05) is 0 Å². The maximum Gasteiger partial charge on any atom is 0.123 e. The zero-order chi connectivity index (χ0) is 13.3. The molecule has 0 unspecified atom stereocenters. The number of nitrogens with one attached hydrogen (secondary N) is 1. The third-order valence-corrected chi connectivity index (χ3v) is 3.82. The van der Waals surface area contributed by atoms with Crippen molar-refractivity contribution in [2.75, 3.05) is 26.2 Å². The number of piperidine rings is 1. The van der Waals surface area contributed by atoms with E-state index >= 15 is 0 Å². The van der Waals surface area contributed by atoms with Crippen LogP contribution in [-0.4, -0.2) is 26.2 Å². The highest BCUT2D eigenvalue weighted by Gasteiger charge is 2.12. The molecule has 0 amide bonds. The number of rotatable bonds is 7. The van der Waals surface area contributed by atoms with Crippen molar-refractivity contribution < 1.29 is 14.0 Å². The zero-order valence-corrected chi connectivity index (χ0v) is 11.7. The van der Waals surface area contributed by atoms with Crippen LogP contribution in [0.2, 0.25) is 0 Å². The maximum absolute atomic E-state index is 12.7. The largest absolute Gasteiger partial charge is 0.494 e. The quantitative estimate of drug-likeness (QED) is 0.748. The Bertz CT molecular complexity index is 346. The smallest absolute Gasteiger partial charge is 0.123 e. The summed E-state index contributed by atoms with van der Waals surface area (Å²) in [5, 5.41) is 0. The number of unbranched alkanes of at least 4 members (excludes halogenated alkanes) is 2. The highest BCUT2D eigenvalue weighted by Crippen LogP contribution is 2.11. The molecule has 3 heteroatoms. The Kier molecular flexibility index (Phi) is 6.15. The Balaban J connectivity index is 1.49. The number of ether oxygens (including phenoxy) is 1. The Morgan fingerprint density at radius 1 is 0.947 bits per heavy atom. The SMILES string of the molecule is Fc1ccc(OCCCCC[NH+]2CCCCC2)cc1. The molecule has 0 saturated carbocycles. The van der Waals surface area contributed by atoms with Crippen LogP contribution in [0.3, 0.4) is 0 Å². The van der Waals surface area contributed by atoms with Gasteiger partial charge in [-0.3, -0.25) is 0 Å². The van der Waals surface area contributed by atoms with Gasteiger partial charge < -0.3 is 9.64 Å². The highest BCUT2D eigenvalue weighted by atomic mass is 19.1. The molecule has 0 aromatic heterocycles. The van der Waals surface area contributed by atoms with E-state index < -0.39 is 0 Å². The Morgan fingerprint density at radius 2 is 1.68 bits per heavy atom. The van der Waals surface area contributed by atoms with Crippen LogP contribution in [0.1, 0.15) is 38.5 Å². The van der Waals surface area contributed by atoms with Gasteiger partial charge in [0.15, 0.2) is 0 Å². The third kappa shape index (κ3) is 5.60. The second-order valence-electron chi connectivity index (χ2n) is 5.42. The molecule has 2 nitrogen and oxygen atoms in total. The molecule has 0 radical (unpaired) electrons. The third-order valence-electron chi connectivity index (χ3n) is 3.82. The van der Waals surface area contributed by atoms with E-state index in [-0.39, 0.29) is 5.82 Å². The van der Waals surface area contributed by atoms with Crippen LogP contribution in [0, 0.1) is 5.82 Å². The zero-order valence-electron chi connectivity index (χ0n) is 11.7. The monoisotopic (exact) mass is 266 g/mol. The van der Waals surface area contributed by atoms with E-state index in [0.29, 0.717) is 0 Å². The van der Waals surface area contributed by atoms with Crippen LogP contribution in [-0.2, 0) is 0 Å². The normalized spacial score (nSPS) is 16.5. The van der Waals surface area contributed by atoms with Gasteiger partial charge in [-0.2, -0.15) is 0 Å². The molecule has 1 aromatic carbocycles. The van der Waals surface area contributed by atoms with Gasteiger partial charge in [-0.15, -0.1) is 0 Å². The molecule has 19 heavy (non-hydrogen) atoms. The lowest BCUT2D eigenvalue weighted by Crippen LogP contribution is -3.12. The molecule has 1 heterocycles. The van der Waals surface area contributed by atoms with E-state index in [0.717, 1.165) is 18.8 Å². The molecule has 1 aliphatic heterocycles. The van der Waals surface area contributed by atoms with E-state index in [1.807, 2.05) is 0 Å². The maximum atomic E-state index is 12.7. The average Bonchev–Trinajstić information content (AvgIpc) is 2.46. The average molecular weight is 266 g/mol. The van der Waals surface area contributed by atoms with E-state index in [4.69, 9.17) is 4.74 Å². The predicted octanol–water partition coefficient (Wildman–Crippen LogP) is 2.44. The summed E-state index contributed by atoms with van der Waals surface area (Å²) in [4.78, 5) is 1.78. The molecule has 2 rings (SSSR count). The minimum Gasteiger partial charge on any atom is -0.494 e. The fourth-order valence-electron chi connectivity index (χ4n) is 2.68. The topological polar surface area (TPSA) is 13.7 Å². The summed E-state index contributed by atoms with van der Waals surface area (Å²) in [5.41, 5.74) is 0. The first-order chi connectivity index (χ1) is 9.34. The van der Waals surface area contributed by atoms with Crippen LogP contribution < -0.4 is 9.64 Å². The molecule has 1 fully saturated rings. The van der Waals surface area contributed by atoms with E-state index in [2.05, 4.69) is 0 Å². The highest BCUT2D eigenvalue weighted by molar-refractivity contribution is 5.21. The first-order valence-corrected chi connectivity index (χ1v) is 7.56. The lowest BCUT2D eigenvalue weighted by atomic mass is 10.1. The molecule has 1 aromatic rings. The molecule has 0 atom stereocenters. The van der Waals surface area contributed by atoms with Crippen molar-refractivity contribution in [3.8, 4) is 5.75 Å². The van der Waals surface area contributed by atoms with Gasteiger partial charge >= 0.3 is 0 Å². The summed E-state index contributed by atoms with van der Waals surface area (Å²) in [6, 6.07) is 6.25. The van der Waals surface area contributed by atoms with Gasteiger partial charge in [0.1, 0.15) is 11.6 Å². The second-order valence-corrected chi connectivity index (χ2v) is 5.42. The second kappa shape index (κ2) is 8.16. The molecule has 0 aliphatic carbocycles. The van der Waals surface area contributed by atoms with Crippen LogP contribution in [0.5, 0.6) is 5.75 Å². The molecule has 1 saturated heterocycles. The van der Waals surface area contributed by atoms with Crippen molar-refractivity contribution in [3.63, 3.8) is 0 Å². The summed E-state index contributed by atoms with van der Waals surface area (Å²) in [6.07, 6.45) is 7.85. The number of benzene rings is 1. The Morgan fingerprint density at radius 3 is 2.42 bits per heavy atom. The standard InChI is InChI=1S/C16H24FNO/c17-15-7-9-16(10-8-15)19-14-6-2-5-13-18-11-3-1-4-12-18/h7-10H,1-6,11-14H2/p+1. The van der Waals surface area contributed by atoms with Gasteiger partial charge in [0, 0.05) is 0 Å². The molecule has 1 N–H and O–H groups in total. The first-order valence-electron chi connectivity index (χ1n) is 7.56. The lowest BCUT2D eigenvalue weighted by molar-refractivity contribution is -0.905. The predicted molar refractivity (Wildman–Crippen MR) is 75.2 cm³/mol. The van der Waals surface area contributed by atoms with Gasteiger partial charge in [0.25, 0.3) is 0 Å². The minimum atomic E-state index is -0.211. The van der Waals surface area contributed by atoms with Gasteiger partial charge in [0.05, 0.1) is 26.2 Å².